The van der Waals surface area contributed by atoms with Crippen molar-refractivity contribution in [2.24, 2.45) is 0 Å². The van der Waals surface area contributed by atoms with Gasteiger partial charge in [0, 0.05) is 19.4 Å². The Morgan fingerprint density at radius 1 is 1.26 bits per heavy atom. The van der Waals surface area contributed by atoms with Gasteiger partial charge in [0.1, 0.15) is 5.69 Å². The van der Waals surface area contributed by atoms with Gasteiger partial charge < -0.3 is 10.6 Å². The van der Waals surface area contributed by atoms with Crippen LogP contribution in [0.3, 0.4) is 0 Å². The Morgan fingerprint density at radius 3 is 2.53 bits per heavy atom. The summed E-state index contributed by atoms with van der Waals surface area (Å²) in [7, 11) is 1.76. The molecule has 2 rings (SSSR count). The molecule has 1 unspecified atom stereocenters. The van der Waals surface area contributed by atoms with Crippen molar-refractivity contribution >= 4 is 11.6 Å². The van der Waals surface area contributed by atoms with Crippen LogP contribution in [0, 0.1) is 0 Å². The fourth-order valence-corrected chi connectivity index (χ4v) is 1.75. The van der Waals surface area contributed by atoms with Crippen LogP contribution in [0.4, 0.5) is 5.69 Å². The van der Waals surface area contributed by atoms with Crippen molar-refractivity contribution in [3.05, 3.63) is 54.1 Å². The standard InChI is InChI=1S/C14H16N4O/c1-10(11-5-7-16-8-6-11)18(2)14(19)13-4-3-12(15)9-17-13/h3-10H,15H2,1-2H3. The quantitative estimate of drug-likeness (QED) is 0.910. The second-order valence-corrected chi connectivity index (χ2v) is 4.35. The molecule has 0 fully saturated rings. The molecular formula is C14H16N4O. The van der Waals surface area contributed by atoms with Gasteiger partial charge >= 0.3 is 0 Å². The molecule has 0 spiro atoms. The Morgan fingerprint density at radius 2 is 1.95 bits per heavy atom. The monoisotopic (exact) mass is 256 g/mol. The van der Waals surface area contributed by atoms with Gasteiger partial charge in [0.2, 0.25) is 0 Å². The number of anilines is 1. The number of amides is 1. The topological polar surface area (TPSA) is 72.1 Å². The maximum atomic E-state index is 12.3. The smallest absolute Gasteiger partial charge is 0.272 e. The first-order chi connectivity index (χ1) is 9.09. The molecule has 2 aromatic heterocycles. The molecule has 0 aliphatic rings. The van der Waals surface area contributed by atoms with Crippen molar-refractivity contribution in [3.63, 3.8) is 0 Å². The predicted octanol–water partition coefficient (Wildman–Crippen LogP) is 1.89. The second kappa shape index (κ2) is 5.48. The highest BCUT2D eigenvalue weighted by Crippen LogP contribution is 2.19. The first-order valence-corrected chi connectivity index (χ1v) is 5.98. The van der Waals surface area contributed by atoms with Crippen LogP contribution in [0.5, 0.6) is 0 Å². The van der Waals surface area contributed by atoms with Crippen LogP contribution in [0.2, 0.25) is 0 Å². The highest BCUT2D eigenvalue weighted by atomic mass is 16.2. The average Bonchev–Trinajstić information content (AvgIpc) is 2.46. The molecule has 0 aliphatic heterocycles. The fraction of sp³-hybridized carbons (Fsp3) is 0.214. The van der Waals surface area contributed by atoms with Crippen LogP contribution >= 0.6 is 0 Å². The van der Waals surface area contributed by atoms with Gasteiger partial charge in [-0.15, -0.1) is 0 Å². The Kier molecular flexibility index (Phi) is 3.75. The molecule has 1 atom stereocenters. The van der Waals surface area contributed by atoms with Crippen LogP contribution in [-0.2, 0) is 0 Å². The number of hydrogen-bond donors (Lipinski definition) is 1. The lowest BCUT2D eigenvalue weighted by molar-refractivity contribution is 0.0736. The van der Waals surface area contributed by atoms with E-state index in [-0.39, 0.29) is 11.9 Å². The summed E-state index contributed by atoms with van der Waals surface area (Å²) in [6.45, 7) is 1.96. The van der Waals surface area contributed by atoms with Gasteiger partial charge in [-0.25, -0.2) is 4.98 Å². The molecule has 1 amide bonds. The highest BCUT2D eigenvalue weighted by Gasteiger charge is 2.19. The minimum Gasteiger partial charge on any atom is -0.397 e. The summed E-state index contributed by atoms with van der Waals surface area (Å²) < 4.78 is 0. The number of aromatic nitrogens is 2. The summed E-state index contributed by atoms with van der Waals surface area (Å²) in [4.78, 5) is 21.9. The minimum atomic E-state index is -0.135. The molecule has 0 radical (unpaired) electrons. The van der Waals surface area contributed by atoms with Crippen LogP contribution in [0.15, 0.2) is 42.9 Å². The van der Waals surface area contributed by atoms with E-state index >= 15 is 0 Å². The van der Waals surface area contributed by atoms with Crippen molar-refractivity contribution < 1.29 is 4.79 Å². The van der Waals surface area contributed by atoms with E-state index in [0.717, 1.165) is 5.56 Å². The number of rotatable bonds is 3. The number of carbonyl (C=O) groups excluding carboxylic acids is 1. The van der Waals surface area contributed by atoms with E-state index in [1.807, 2.05) is 19.1 Å². The van der Waals surface area contributed by atoms with Gasteiger partial charge in [0.25, 0.3) is 5.91 Å². The van der Waals surface area contributed by atoms with Gasteiger partial charge in [0.15, 0.2) is 0 Å². The lowest BCUT2D eigenvalue weighted by Gasteiger charge is -2.24. The summed E-state index contributed by atoms with van der Waals surface area (Å²) in [5.41, 5.74) is 7.52. The molecule has 5 nitrogen and oxygen atoms in total. The average molecular weight is 256 g/mol. The van der Waals surface area contributed by atoms with E-state index in [0.29, 0.717) is 11.4 Å². The Labute approximate surface area is 112 Å². The number of nitrogens with zero attached hydrogens (tertiary/aromatic N) is 3. The van der Waals surface area contributed by atoms with Crippen molar-refractivity contribution in [2.45, 2.75) is 13.0 Å². The zero-order chi connectivity index (χ0) is 13.8. The van der Waals surface area contributed by atoms with Crippen molar-refractivity contribution in [2.75, 3.05) is 12.8 Å². The van der Waals surface area contributed by atoms with Crippen LogP contribution < -0.4 is 5.73 Å². The maximum absolute atomic E-state index is 12.3. The zero-order valence-electron chi connectivity index (χ0n) is 10.9. The molecule has 5 heteroatoms. The van der Waals surface area contributed by atoms with Gasteiger partial charge in [0.05, 0.1) is 17.9 Å². The van der Waals surface area contributed by atoms with E-state index in [1.54, 1.807) is 36.5 Å². The summed E-state index contributed by atoms with van der Waals surface area (Å²) in [5, 5.41) is 0. The number of nitrogens with two attached hydrogens (primary N) is 1. The van der Waals surface area contributed by atoms with Crippen LogP contribution in [-0.4, -0.2) is 27.8 Å². The molecule has 0 saturated heterocycles. The summed E-state index contributed by atoms with van der Waals surface area (Å²) >= 11 is 0. The van der Waals surface area contributed by atoms with Gasteiger partial charge in [-0.05, 0) is 36.8 Å². The molecule has 0 saturated carbocycles. The summed E-state index contributed by atoms with van der Waals surface area (Å²) in [6, 6.07) is 7.05. The minimum absolute atomic E-state index is 0.0464. The molecule has 19 heavy (non-hydrogen) atoms. The summed E-state index contributed by atoms with van der Waals surface area (Å²) in [5.74, 6) is -0.135. The molecule has 2 N–H and O–H groups in total. The fourth-order valence-electron chi connectivity index (χ4n) is 1.75. The van der Waals surface area contributed by atoms with Crippen molar-refractivity contribution in [3.8, 4) is 0 Å². The van der Waals surface area contributed by atoms with Crippen LogP contribution in [0.1, 0.15) is 29.0 Å². The zero-order valence-corrected chi connectivity index (χ0v) is 10.9. The Bertz CT molecular complexity index is 553. The Hall–Kier alpha value is -2.43. The van der Waals surface area contributed by atoms with E-state index in [4.69, 9.17) is 5.73 Å². The highest BCUT2D eigenvalue weighted by molar-refractivity contribution is 5.92. The first kappa shape index (κ1) is 13.0. The number of carbonyl (C=O) groups is 1. The van der Waals surface area contributed by atoms with Gasteiger partial charge in [-0.2, -0.15) is 0 Å². The normalized spacial score (nSPS) is 11.9. The molecule has 0 aromatic carbocycles. The lowest BCUT2D eigenvalue weighted by Crippen LogP contribution is -2.30. The predicted molar refractivity (Wildman–Crippen MR) is 73.4 cm³/mol. The lowest BCUT2D eigenvalue weighted by atomic mass is 10.1. The summed E-state index contributed by atoms with van der Waals surface area (Å²) in [6.07, 6.45) is 4.91. The third-order valence-electron chi connectivity index (χ3n) is 3.10. The SMILES string of the molecule is CC(c1ccncc1)N(C)C(=O)c1ccc(N)cn1. The number of nitrogen functional groups attached to an aromatic ring is 1. The maximum Gasteiger partial charge on any atom is 0.272 e. The molecule has 2 aromatic rings. The molecule has 2 heterocycles. The van der Waals surface area contributed by atoms with E-state index in [2.05, 4.69) is 9.97 Å². The van der Waals surface area contributed by atoms with Gasteiger partial charge in [-0.3, -0.25) is 9.78 Å². The number of pyridine rings is 2. The molecule has 0 aliphatic carbocycles. The third kappa shape index (κ3) is 2.88. The molecular weight excluding hydrogens is 240 g/mol. The Balaban J connectivity index is 2.17. The van der Waals surface area contributed by atoms with Crippen molar-refractivity contribution in [1.82, 2.24) is 14.9 Å². The van der Waals surface area contributed by atoms with Crippen LogP contribution in [0.25, 0.3) is 0 Å². The van der Waals surface area contributed by atoms with E-state index < -0.39 is 0 Å². The second-order valence-electron chi connectivity index (χ2n) is 4.35. The number of hydrogen-bond acceptors (Lipinski definition) is 4. The van der Waals surface area contributed by atoms with E-state index in [9.17, 15) is 4.79 Å². The molecule has 0 bridgehead atoms. The van der Waals surface area contributed by atoms with E-state index in [1.165, 1.54) is 6.20 Å². The third-order valence-corrected chi connectivity index (χ3v) is 3.10. The first-order valence-electron chi connectivity index (χ1n) is 5.98. The van der Waals surface area contributed by atoms with Crippen molar-refractivity contribution in [1.29, 1.82) is 0 Å². The largest absolute Gasteiger partial charge is 0.397 e. The van der Waals surface area contributed by atoms with Gasteiger partial charge in [-0.1, -0.05) is 0 Å². The molecule has 98 valence electrons.